The maximum absolute atomic E-state index is 11.5. The summed E-state index contributed by atoms with van der Waals surface area (Å²) in [6.07, 6.45) is 0. The summed E-state index contributed by atoms with van der Waals surface area (Å²) in [7, 11) is 1.23. The standard InChI is InChI=1S/C12H12ClNO6/c1-19-12(18)7-2-3-8(13)9(4-7)14-10(15)5-20-6-11(16)17/h2-4H,5-6H2,1H3,(H,14,15)(H,16,17). The second kappa shape index (κ2) is 7.46. The largest absolute Gasteiger partial charge is 0.480 e. The molecule has 2 N–H and O–H groups in total. The lowest BCUT2D eigenvalue weighted by atomic mass is 10.2. The van der Waals surface area contributed by atoms with Crippen LogP contribution in [0.25, 0.3) is 0 Å². The van der Waals surface area contributed by atoms with Gasteiger partial charge in [-0.25, -0.2) is 9.59 Å². The molecule has 0 aliphatic carbocycles. The van der Waals surface area contributed by atoms with Crippen LogP contribution in [0.2, 0.25) is 5.02 Å². The highest BCUT2D eigenvalue weighted by Crippen LogP contribution is 2.23. The van der Waals surface area contributed by atoms with Crippen LogP contribution < -0.4 is 5.32 Å². The number of aliphatic carboxylic acids is 1. The Hall–Kier alpha value is -2.12. The van der Waals surface area contributed by atoms with Crippen molar-refractivity contribution in [2.45, 2.75) is 0 Å². The van der Waals surface area contributed by atoms with Crippen LogP contribution in [0.15, 0.2) is 18.2 Å². The molecule has 1 aromatic carbocycles. The number of anilines is 1. The predicted molar refractivity (Wildman–Crippen MR) is 69.9 cm³/mol. The van der Waals surface area contributed by atoms with E-state index in [0.717, 1.165) is 0 Å². The van der Waals surface area contributed by atoms with Gasteiger partial charge in [0.2, 0.25) is 5.91 Å². The Morgan fingerprint density at radius 1 is 1.30 bits per heavy atom. The van der Waals surface area contributed by atoms with Crippen LogP contribution in [0, 0.1) is 0 Å². The average molecular weight is 302 g/mol. The van der Waals surface area contributed by atoms with Gasteiger partial charge in [-0.2, -0.15) is 0 Å². The number of halogens is 1. The van der Waals surface area contributed by atoms with E-state index in [-0.39, 0.29) is 16.3 Å². The molecule has 0 aliphatic rings. The van der Waals surface area contributed by atoms with Gasteiger partial charge in [-0.1, -0.05) is 11.6 Å². The SMILES string of the molecule is COC(=O)c1ccc(Cl)c(NC(=O)COCC(=O)O)c1. The number of nitrogens with one attached hydrogen (secondary N) is 1. The Kier molecular flexibility index (Phi) is 5.95. The molecule has 0 radical (unpaired) electrons. The highest BCUT2D eigenvalue weighted by atomic mass is 35.5. The first-order valence-corrected chi connectivity index (χ1v) is 5.79. The maximum Gasteiger partial charge on any atom is 0.337 e. The van der Waals surface area contributed by atoms with Crippen LogP contribution in [0.3, 0.4) is 0 Å². The number of ether oxygens (including phenoxy) is 2. The molecular formula is C12H12ClNO6. The second-order valence-corrected chi connectivity index (χ2v) is 4.03. The van der Waals surface area contributed by atoms with E-state index < -0.39 is 31.1 Å². The predicted octanol–water partition coefficient (Wildman–Crippen LogP) is 1.17. The van der Waals surface area contributed by atoms with Gasteiger partial charge >= 0.3 is 11.9 Å². The van der Waals surface area contributed by atoms with Crippen molar-refractivity contribution in [2.75, 3.05) is 25.6 Å². The van der Waals surface area contributed by atoms with Crippen LogP contribution in [0.4, 0.5) is 5.69 Å². The first-order valence-electron chi connectivity index (χ1n) is 5.41. The molecule has 1 aromatic rings. The molecule has 0 atom stereocenters. The fourth-order valence-electron chi connectivity index (χ4n) is 1.28. The highest BCUT2D eigenvalue weighted by molar-refractivity contribution is 6.33. The summed E-state index contributed by atoms with van der Waals surface area (Å²) in [6.45, 7) is -1.02. The molecule has 0 fully saturated rings. The minimum atomic E-state index is -1.18. The number of amides is 1. The number of carboxylic acid groups (broad SMARTS) is 1. The number of hydrogen-bond donors (Lipinski definition) is 2. The van der Waals surface area contributed by atoms with Gasteiger partial charge < -0.3 is 19.9 Å². The molecule has 1 rings (SSSR count). The summed E-state index contributed by atoms with van der Waals surface area (Å²) >= 11 is 5.87. The summed E-state index contributed by atoms with van der Waals surface area (Å²) < 4.78 is 9.16. The van der Waals surface area contributed by atoms with Gasteiger partial charge in [-0.05, 0) is 18.2 Å². The van der Waals surface area contributed by atoms with Crippen molar-refractivity contribution >= 4 is 35.1 Å². The lowest BCUT2D eigenvalue weighted by Crippen LogP contribution is -2.21. The molecule has 0 spiro atoms. The van der Waals surface area contributed by atoms with Gasteiger partial charge in [0, 0.05) is 0 Å². The third-order valence-electron chi connectivity index (χ3n) is 2.12. The Morgan fingerprint density at radius 3 is 2.60 bits per heavy atom. The monoisotopic (exact) mass is 301 g/mol. The quantitative estimate of drug-likeness (QED) is 0.765. The summed E-state index contributed by atoms with van der Waals surface area (Å²) in [6, 6.07) is 4.23. The van der Waals surface area contributed by atoms with Crippen molar-refractivity contribution in [3.05, 3.63) is 28.8 Å². The van der Waals surface area contributed by atoms with Crippen LogP contribution in [0.5, 0.6) is 0 Å². The van der Waals surface area contributed by atoms with E-state index in [2.05, 4.69) is 14.8 Å². The lowest BCUT2D eigenvalue weighted by Gasteiger charge is -2.08. The third-order valence-corrected chi connectivity index (χ3v) is 2.45. The van der Waals surface area contributed by atoms with Crippen molar-refractivity contribution in [3.63, 3.8) is 0 Å². The molecule has 1 amide bonds. The van der Waals surface area contributed by atoms with Gasteiger partial charge in [-0.15, -0.1) is 0 Å². The number of methoxy groups -OCH3 is 1. The summed E-state index contributed by atoms with van der Waals surface area (Å²) in [5.74, 6) is -2.34. The number of carbonyl (C=O) groups excluding carboxylic acids is 2. The number of hydrogen-bond acceptors (Lipinski definition) is 5. The van der Waals surface area contributed by atoms with E-state index in [4.69, 9.17) is 16.7 Å². The minimum Gasteiger partial charge on any atom is -0.480 e. The third kappa shape index (κ3) is 4.87. The van der Waals surface area contributed by atoms with E-state index in [9.17, 15) is 14.4 Å². The number of esters is 1. The number of rotatable bonds is 6. The van der Waals surface area contributed by atoms with E-state index in [0.29, 0.717) is 0 Å². The smallest absolute Gasteiger partial charge is 0.337 e. The van der Waals surface area contributed by atoms with E-state index >= 15 is 0 Å². The molecule has 0 unspecified atom stereocenters. The molecule has 0 aromatic heterocycles. The van der Waals surface area contributed by atoms with E-state index in [1.807, 2.05) is 0 Å². The van der Waals surface area contributed by atoms with Crippen molar-refractivity contribution in [3.8, 4) is 0 Å². The lowest BCUT2D eigenvalue weighted by molar-refractivity contribution is -0.143. The normalized spacial score (nSPS) is 9.90. The topological polar surface area (TPSA) is 102 Å². The molecule has 0 aliphatic heterocycles. The van der Waals surface area contributed by atoms with Gasteiger partial charge in [0.1, 0.15) is 13.2 Å². The number of carbonyl (C=O) groups is 3. The summed E-state index contributed by atoms with van der Waals surface area (Å²) in [5.41, 5.74) is 0.428. The molecule has 0 heterocycles. The minimum absolute atomic E-state index is 0.207. The van der Waals surface area contributed by atoms with Crippen LogP contribution in [-0.4, -0.2) is 43.3 Å². The fourth-order valence-corrected chi connectivity index (χ4v) is 1.45. The molecule has 8 heteroatoms. The molecule has 0 saturated carbocycles. The Bertz CT molecular complexity index is 531. The zero-order valence-corrected chi connectivity index (χ0v) is 11.3. The van der Waals surface area contributed by atoms with Crippen LogP contribution in [-0.2, 0) is 19.1 Å². The zero-order valence-electron chi connectivity index (χ0n) is 10.5. The highest BCUT2D eigenvalue weighted by Gasteiger charge is 2.11. The molecule has 20 heavy (non-hydrogen) atoms. The van der Waals surface area contributed by atoms with E-state index in [1.165, 1.54) is 25.3 Å². The summed E-state index contributed by atoms with van der Waals surface area (Å²) in [4.78, 5) is 33.1. The molecule has 0 saturated heterocycles. The zero-order chi connectivity index (χ0) is 15.1. The van der Waals surface area contributed by atoms with Gasteiger partial charge in [-0.3, -0.25) is 4.79 Å². The number of benzene rings is 1. The number of carboxylic acids is 1. The Balaban J connectivity index is 2.68. The first-order chi connectivity index (χ1) is 9.43. The Morgan fingerprint density at radius 2 is 2.00 bits per heavy atom. The van der Waals surface area contributed by atoms with Crippen LogP contribution >= 0.6 is 11.6 Å². The molecule has 0 bridgehead atoms. The molecular weight excluding hydrogens is 290 g/mol. The van der Waals surface area contributed by atoms with Gasteiger partial charge in [0.25, 0.3) is 0 Å². The van der Waals surface area contributed by atoms with Crippen molar-refractivity contribution in [2.24, 2.45) is 0 Å². The fraction of sp³-hybridized carbons (Fsp3) is 0.250. The van der Waals surface area contributed by atoms with Crippen molar-refractivity contribution in [1.29, 1.82) is 0 Å². The first kappa shape index (κ1) is 15.9. The van der Waals surface area contributed by atoms with E-state index in [1.54, 1.807) is 0 Å². The average Bonchev–Trinajstić information content (AvgIpc) is 2.40. The summed E-state index contributed by atoms with van der Waals surface area (Å²) in [5, 5.41) is 11.0. The second-order valence-electron chi connectivity index (χ2n) is 3.62. The van der Waals surface area contributed by atoms with Gasteiger partial charge in [0.15, 0.2) is 0 Å². The van der Waals surface area contributed by atoms with Crippen LogP contribution in [0.1, 0.15) is 10.4 Å². The Labute approximate surface area is 119 Å². The molecule has 7 nitrogen and oxygen atoms in total. The van der Waals surface area contributed by atoms with Gasteiger partial charge in [0.05, 0.1) is 23.4 Å². The molecule has 108 valence electrons. The maximum atomic E-state index is 11.5. The van der Waals surface area contributed by atoms with Crippen molar-refractivity contribution in [1.82, 2.24) is 0 Å². The van der Waals surface area contributed by atoms with Crippen molar-refractivity contribution < 1.29 is 29.0 Å².